The zero-order valence-electron chi connectivity index (χ0n) is 20.0. The average molecular weight is 482 g/mol. The molecule has 0 bridgehead atoms. The first-order valence-electron chi connectivity index (χ1n) is 11.3. The van der Waals surface area contributed by atoms with Gasteiger partial charge < -0.3 is 20.4 Å². The van der Waals surface area contributed by atoms with Crippen LogP contribution in [0.3, 0.4) is 0 Å². The van der Waals surface area contributed by atoms with Gasteiger partial charge >= 0.3 is 0 Å². The molecule has 1 saturated heterocycles. The molecule has 2 N–H and O–H groups in total. The second-order valence-electron chi connectivity index (χ2n) is 8.96. The molecule has 184 valence electrons. The minimum absolute atomic E-state index is 0.0726. The fraction of sp³-hybridized carbons (Fsp3) is 0.360. The predicted molar refractivity (Wildman–Crippen MR) is 128 cm³/mol. The molecule has 3 aromatic rings. The van der Waals surface area contributed by atoms with E-state index in [1.807, 2.05) is 0 Å². The summed E-state index contributed by atoms with van der Waals surface area (Å²) in [5.74, 6) is 4.50. The van der Waals surface area contributed by atoms with Gasteiger partial charge in [-0.3, -0.25) is 19.1 Å². The summed E-state index contributed by atoms with van der Waals surface area (Å²) in [7, 11) is 4.38. The third kappa shape index (κ3) is 4.82. The molecule has 0 atom stereocenters. The molecule has 1 fully saturated rings. The molecule has 0 saturated carbocycles. The molecule has 3 heterocycles. The molecule has 0 aliphatic carbocycles. The van der Waals surface area contributed by atoms with Crippen LogP contribution >= 0.6 is 0 Å². The Kier molecular flexibility index (Phi) is 6.72. The number of nitrogen functional groups attached to an aromatic ring is 1. The number of carbonyl (C=O) groups excluding carboxylic acids is 3. The van der Waals surface area contributed by atoms with Crippen molar-refractivity contribution in [3.05, 3.63) is 59.0 Å². The number of pyridine rings is 1. The first-order chi connectivity index (χ1) is 16.7. The van der Waals surface area contributed by atoms with Crippen LogP contribution in [0.15, 0.2) is 36.5 Å². The van der Waals surface area contributed by atoms with Crippen molar-refractivity contribution in [1.82, 2.24) is 19.5 Å². The number of likely N-dealkylation sites (tertiary alicyclic amines) is 1. The number of likely N-dealkylation sites (N-methyl/N-ethyl adjacent to an activating group) is 1. The van der Waals surface area contributed by atoms with Crippen molar-refractivity contribution in [2.45, 2.75) is 19.3 Å². The van der Waals surface area contributed by atoms with Crippen molar-refractivity contribution >= 4 is 28.6 Å². The topological polar surface area (TPSA) is 111 Å². The summed E-state index contributed by atoms with van der Waals surface area (Å²) in [5, 5.41) is 0.308. The van der Waals surface area contributed by atoms with E-state index in [-0.39, 0.29) is 34.4 Å². The highest BCUT2D eigenvalue weighted by Crippen LogP contribution is 2.29. The number of rotatable bonds is 6. The summed E-state index contributed by atoms with van der Waals surface area (Å²) < 4.78 is 19.7. The summed E-state index contributed by atoms with van der Waals surface area (Å²) in [5.41, 5.74) is 1.58. The van der Waals surface area contributed by atoms with Gasteiger partial charge in [-0.05, 0) is 48.9 Å². The number of hydrogen-bond donors (Lipinski definition) is 1. The van der Waals surface area contributed by atoms with Crippen molar-refractivity contribution < 1.29 is 23.5 Å². The van der Waals surface area contributed by atoms with Gasteiger partial charge in [-0.25, -0.2) is 4.39 Å². The summed E-state index contributed by atoms with van der Waals surface area (Å²) in [6.45, 7) is 1.10. The maximum atomic E-state index is 13.4. The number of amides is 2. The maximum absolute atomic E-state index is 13.4. The highest BCUT2D eigenvalue weighted by molar-refractivity contribution is 6.44. The van der Waals surface area contributed by atoms with Gasteiger partial charge in [0.25, 0.3) is 17.6 Å². The second kappa shape index (κ2) is 9.73. The molecule has 35 heavy (non-hydrogen) atoms. The number of nitrogens with two attached hydrogens (primary N) is 1. The van der Waals surface area contributed by atoms with E-state index in [0.29, 0.717) is 24.4 Å². The fourth-order valence-corrected chi connectivity index (χ4v) is 4.42. The van der Waals surface area contributed by atoms with Crippen LogP contribution in [-0.4, -0.2) is 71.4 Å². The molecule has 0 radical (unpaired) electrons. The fourth-order valence-electron chi connectivity index (χ4n) is 4.42. The van der Waals surface area contributed by atoms with Crippen LogP contribution in [0.1, 0.15) is 39.1 Å². The number of ether oxygens (including phenoxy) is 1. The summed E-state index contributed by atoms with van der Waals surface area (Å²) >= 11 is 0. The average Bonchev–Trinajstić information content (AvgIpc) is 3.19. The Labute approximate surface area is 202 Å². The van der Waals surface area contributed by atoms with E-state index in [0.717, 1.165) is 29.5 Å². The monoisotopic (exact) mass is 481 g/mol. The molecule has 2 aromatic heterocycles. The van der Waals surface area contributed by atoms with E-state index >= 15 is 0 Å². The van der Waals surface area contributed by atoms with Gasteiger partial charge in [-0.15, -0.1) is 0 Å². The lowest BCUT2D eigenvalue weighted by Gasteiger charge is -2.32. The summed E-state index contributed by atoms with van der Waals surface area (Å²) in [4.78, 5) is 45.7. The van der Waals surface area contributed by atoms with Crippen LogP contribution in [0.4, 0.5) is 4.39 Å². The second-order valence-corrected chi connectivity index (χ2v) is 8.96. The molecule has 2 amide bonds. The van der Waals surface area contributed by atoms with Crippen LogP contribution in [0, 0.1) is 11.7 Å². The lowest BCUT2D eigenvalue weighted by atomic mass is 9.90. The number of piperidine rings is 1. The number of carbonyl (C=O) groups is 3. The van der Waals surface area contributed by atoms with Crippen LogP contribution < -0.4 is 10.6 Å². The molecule has 9 nitrogen and oxygen atoms in total. The summed E-state index contributed by atoms with van der Waals surface area (Å²) in [6, 6.07) is 8.03. The lowest BCUT2D eigenvalue weighted by Crippen LogP contribution is -2.39. The Balaban J connectivity index is 1.56. The first kappa shape index (κ1) is 24.2. The minimum Gasteiger partial charge on any atom is -0.480 e. The van der Waals surface area contributed by atoms with Crippen molar-refractivity contribution in [3.8, 4) is 5.88 Å². The molecular weight excluding hydrogens is 453 g/mol. The molecule has 1 aromatic carbocycles. The van der Waals surface area contributed by atoms with E-state index in [9.17, 15) is 18.8 Å². The van der Waals surface area contributed by atoms with Crippen molar-refractivity contribution in [1.29, 1.82) is 0 Å². The highest BCUT2D eigenvalue weighted by Gasteiger charge is 2.29. The molecule has 4 rings (SSSR count). The molecule has 1 aliphatic heterocycles. The van der Waals surface area contributed by atoms with Crippen molar-refractivity contribution in [2.75, 3.05) is 40.1 Å². The smallest absolute Gasteiger partial charge is 0.294 e. The Hall–Kier alpha value is -3.95. The lowest BCUT2D eigenvalue weighted by molar-refractivity contribution is -0.124. The first-order valence-corrected chi connectivity index (χ1v) is 11.3. The standard InChI is InChI=1S/C25H28FN5O4/c1-29(2)25(34)21(32)20-14-31(27)22-18(20)13-19(23(28-22)35-3)24(33)30-10-8-16(9-11-30)12-15-4-6-17(26)7-5-15/h4-7,13-14,16H,8-12,27H2,1-3H3. The number of ketones is 1. The molecule has 0 spiro atoms. The number of halogens is 1. The highest BCUT2D eigenvalue weighted by atomic mass is 19.1. The molecule has 10 heteroatoms. The van der Waals surface area contributed by atoms with Gasteiger partial charge in [0.2, 0.25) is 5.88 Å². The predicted octanol–water partition coefficient (Wildman–Crippen LogP) is 2.26. The number of aromatic nitrogens is 2. The zero-order valence-corrected chi connectivity index (χ0v) is 20.0. The van der Waals surface area contributed by atoms with Crippen LogP contribution in [0.2, 0.25) is 0 Å². The normalized spacial score (nSPS) is 14.2. The van der Waals surface area contributed by atoms with Gasteiger partial charge in [0.15, 0.2) is 5.65 Å². The van der Waals surface area contributed by atoms with Crippen LogP contribution in [-0.2, 0) is 11.2 Å². The van der Waals surface area contributed by atoms with Gasteiger partial charge in [-0.2, -0.15) is 4.98 Å². The number of nitrogens with zero attached hydrogens (tertiary/aromatic N) is 4. The SMILES string of the molecule is COc1nc2c(cc1C(=O)N1CCC(Cc3ccc(F)cc3)CC1)c(C(=O)C(=O)N(C)C)cn2N. The van der Waals surface area contributed by atoms with Crippen LogP contribution in [0.25, 0.3) is 11.0 Å². The van der Waals surface area contributed by atoms with E-state index in [1.165, 1.54) is 50.5 Å². The van der Waals surface area contributed by atoms with E-state index in [4.69, 9.17) is 10.6 Å². The van der Waals surface area contributed by atoms with E-state index in [1.54, 1.807) is 17.0 Å². The Morgan fingerprint density at radius 1 is 1.14 bits per heavy atom. The number of fused-ring (bicyclic) bond motifs is 1. The Bertz CT molecular complexity index is 1280. The summed E-state index contributed by atoms with van der Waals surface area (Å²) in [6.07, 6.45) is 3.77. The van der Waals surface area contributed by atoms with Gasteiger partial charge in [0.1, 0.15) is 11.4 Å². The third-order valence-electron chi connectivity index (χ3n) is 6.38. The van der Waals surface area contributed by atoms with E-state index < -0.39 is 11.7 Å². The van der Waals surface area contributed by atoms with Gasteiger partial charge in [0.05, 0.1) is 12.7 Å². The molecular formula is C25H28FN5O4. The number of Topliss-reactive ketones (excluding diaryl/α,β-unsaturated/α-hetero) is 1. The largest absolute Gasteiger partial charge is 0.480 e. The zero-order chi connectivity index (χ0) is 25.3. The van der Waals surface area contributed by atoms with E-state index in [2.05, 4.69) is 4.98 Å². The number of methoxy groups -OCH3 is 1. The molecule has 0 unspecified atom stereocenters. The maximum Gasteiger partial charge on any atom is 0.294 e. The van der Waals surface area contributed by atoms with Gasteiger partial charge in [-0.1, -0.05) is 12.1 Å². The quantitative estimate of drug-likeness (QED) is 0.329. The van der Waals surface area contributed by atoms with Crippen molar-refractivity contribution in [2.24, 2.45) is 5.92 Å². The van der Waals surface area contributed by atoms with Gasteiger partial charge in [0, 0.05) is 38.8 Å². The van der Waals surface area contributed by atoms with Crippen molar-refractivity contribution in [3.63, 3.8) is 0 Å². The van der Waals surface area contributed by atoms with Crippen LogP contribution in [0.5, 0.6) is 5.88 Å². The Morgan fingerprint density at radius 2 is 1.80 bits per heavy atom. The molecule has 1 aliphatic rings. The minimum atomic E-state index is -0.740. The number of benzene rings is 1. The number of hydrogen-bond acceptors (Lipinski definition) is 6. The third-order valence-corrected chi connectivity index (χ3v) is 6.38. The Morgan fingerprint density at radius 3 is 2.40 bits per heavy atom.